The summed E-state index contributed by atoms with van der Waals surface area (Å²) in [4.78, 5) is 16.2. The maximum absolute atomic E-state index is 12.3. The van der Waals surface area contributed by atoms with E-state index in [-0.39, 0.29) is 11.7 Å². The normalized spacial score (nSPS) is 10.6. The van der Waals surface area contributed by atoms with Crippen LogP contribution >= 0.6 is 0 Å². The van der Waals surface area contributed by atoms with Gasteiger partial charge in [0.2, 0.25) is 5.91 Å². The average Bonchev–Trinajstić information content (AvgIpc) is 2.72. The van der Waals surface area contributed by atoms with Crippen molar-refractivity contribution in [3.8, 4) is 17.2 Å². The van der Waals surface area contributed by atoms with E-state index in [1.807, 2.05) is 24.3 Å². The number of ether oxygens (including phenoxy) is 2. The van der Waals surface area contributed by atoms with Crippen LogP contribution in [0.15, 0.2) is 73.1 Å². The number of nitrogens with zero attached hydrogens (tertiary/aromatic N) is 1. The Kier molecular flexibility index (Phi) is 6.25. The van der Waals surface area contributed by atoms with Crippen LogP contribution in [-0.4, -0.2) is 23.1 Å². The molecule has 0 unspecified atom stereocenters. The molecule has 1 aromatic heterocycles. The van der Waals surface area contributed by atoms with Gasteiger partial charge in [-0.3, -0.25) is 9.78 Å². The number of amides is 1. The molecule has 0 radical (unpaired) electrons. The molecule has 0 saturated carbocycles. The number of carbonyl (C=O) groups is 1. The lowest BCUT2D eigenvalue weighted by Gasteiger charge is -2.11. The highest BCUT2D eigenvalue weighted by molar-refractivity contribution is 6.02. The summed E-state index contributed by atoms with van der Waals surface area (Å²) in [6, 6.07) is 15.9. The first-order valence-electron chi connectivity index (χ1n) is 8.62. The molecule has 0 atom stereocenters. The summed E-state index contributed by atoms with van der Waals surface area (Å²) in [5.74, 6) is 0.653. The summed E-state index contributed by atoms with van der Waals surface area (Å²) in [6.07, 6.45) is 6.40. The van der Waals surface area contributed by atoms with E-state index in [4.69, 9.17) is 9.47 Å². The van der Waals surface area contributed by atoms with Crippen LogP contribution in [0, 0.1) is 0 Å². The molecule has 0 aliphatic heterocycles. The van der Waals surface area contributed by atoms with Gasteiger partial charge in [0.25, 0.3) is 0 Å². The van der Waals surface area contributed by atoms with Crippen molar-refractivity contribution in [2.24, 2.45) is 0 Å². The molecular formula is C22H20N2O4. The third kappa shape index (κ3) is 5.11. The van der Waals surface area contributed by atoms with Gasteiger partial charge in [0.1, 0.15) is 12.4 Å². The molecule has 0 spiro atoms. The van der Waals surface area contributed by atoms with Crippen LogP contribution in [0.4, 0.5) is 5.69 Å². The molecule has 1 heterocycles. The summed E-state index contributed by atoms with van der Waals surface area (Å²) in [6.45, 7) is 0.371. The Bertz CT molecular complexity index is 971. The van der Waals surface area contributed by atoms with E-state index in [1.165, 1.54) is 19.3 Å². The number of rotatable bonds is 7. The van der Waals surface area contributed by atoms with Crippen LogP contribution in [0.5, 0.6) is 17.2 Å². The van der Waals surface area contributed by atoms with Gasteiger partial charge in [0.05, 0.1) is 12.8 Å². The molecule has 1 amide bonds. The van der Waals surface area contributed by atoms with Crippen LogP contribution in [0.1, 0.15) is 11.1 Å². The SMILES string of the molecule is COc1ccc(C=CC(=O)Nc2ccccc2OCc2ccncc2)cc1O. The molecule has 0 saturated heterocycles. The van der Waals surface area contributed by atoms with Crippen LogP contribution < -0.4 is 14.8 Å². The number of carbonyl (C=O) groups excluding carboxylic acids is 1. The largest absolute Gasteiger partial charge is 0.504 e. The minimum atomic E-state index is -0.310. The molecule has 2 N–H and O–H groups in total. The number of para-hydroxylation sites is 2. The predicted molar refractivity (Wildman–Crippen MR) is 107 cm³/mol. The van der Waals surface area contributed by atoms with E-state index >= 15 is 0 Å². The van der Waals surface area contributed by atoms with Gasteiger partial charge in [-0.1, -0.05) is 18.2 Å². The number of pyridine rings is 1. The number of phenolic OH excluding ortho intramolecular Hbond substituents is 1. The number of nitrogens with one attached hydrogen (secondary N) is 1. The average molecular weight is 376 g/mol. The lowest BCUT2D eigenvalue weighted by molar-refractivity contribution is -0.111. The fourth-order valence-corrected chi connectivity index (χ4v) is 2.49. The van der Waals surface area contributed by atoms with Crippen molar-refractivity contribution in [1.82, 2.24) is 4.98 Å². The first kappa shape index (κ1) is 19.0. The molecule has 2 aromatic carbocycles. The second-order valence-corrected chi connectivity index (χ2v) is 5.89. The van der Waals surface area contributed by atoms with Gasteiger partial charge in [-0.15, -0.1) is 0 Å². The van der Waals surface area contributed by atoms with Crippen molar-refractivity contribution in [3.05, 3.63) is 84.2 Å². The van der Waals surface area contributed by atoms with E-state index in [0.717, 1.165) is 5.56 Å². The Morgan fingerprint density at radius 2 is 1.89 bits per heavy atom. The quantitative estimate of drug-likeness (QED) is 0.609. The molecule has 0 aliphatic rings. The van der Waals surface area contributed by atoms with Crippen molar-refractivity contribution in [2.75, 3.05) is 12.4 Å². The molecule has 0 aliphatic carbocycles. The number of phenols is 1. The maximum Gasteiger partial charge on any atom is 0.248 e. The molecule has 6 heteroatoms. The maximum atomic E-state index is 12.3. The molecule has 0 fully saturated rings. The monoisotopic (exact) mass is 376 g/mol. The molecule has 0 bridgehead atoms. The number of aromatic nitrogens is 1. The summed E-state index contributed by atoms with van der Waals surface area (Å²) < 4.78 is 10.8. The van der Waals surface area contributed by atoms with E-state index in [9.17, 15) is 9.90 Å². The first-order chi connectivity index (χ1) is 13.7. The zero-order valence-corrected chi connectivity index (χ0v) is 15.3. The van der Waals surface area contributed by atoms with Crippen molar-refractivity contribution in [1.29, 1.82) is 0 Å². The molecule has 28 heavy (non-hydrogen) atoms. The lowest BCUT2D eigenvalue weighted by Crippen LogP contribution is -2.09. The van der Waals surface area contributed by atoms with Gasteiger partial charge in [0.15, 0.2) is 11.5 Å². The van der Waals surface area contributed by atoms with E-state index in [1.54, 1.807) is 42.7 Å². The number of hydrogen-bond donors (Lipinski definition) is 2. The van der Waals surface area contributed by atoms with Gasteiger partial charge in [-0.25, -0.2) is 0 Å². The third-order valence-electron chi connectivity index (χ3n) is 3.92. The standard InChI is InChI=1S/C22H20N2O4/c1-27-21-8-6-16(14-19(21)25)7-9-22(26)24-18-4-2-3-5-20(18)28-15-17-10-12-23-13-11-17/h2-14,25H,15H2,1H3,(H,24,26). The molecule has 142 valence electrons. The second-order valence-electron chi connectivity index (χ2n) is 5.89. The first-order valence-corrected chi connectivity index (χ1v) is 8.62. The summed E-state index contributed by atoms with van der Waals surface area (Å²) in [7, 11) is 1.48. The zero-order valence-electron chi connectivity index (χ0n) is 15.3. The molecule has 3 rings (SSSR count). The van der Waals surface area contributed by atoms with Crippen LogP contribution in [0.25, 0.3) is 6.08 Å². The highest BCUT2D eigenvalue weighted by Gasteiger charge is 2.06. The van der Waals surface area contributed by atoms with Gasteiger partial charge in [-0.05, 0) is 53.6 Å². The molecule has 6 nitrogen and oxygen atoms in total. The fraction of sp³-hybridized carbons (Fsp3) is 0.0909. The highest BCUT2D eigenvalue weighted by Crippen LogP contribution is 2.27. The topological polar surface area (TPSA) is 80.7 Å². The van der Waals surface area contributed by atoms with Crippen molar-refractivity contribution >= 4 is 17.7 Å². The second kappa shape index (κ2) is 9.23. The Labute approximate surface area is 163 Å². The van der Waals surface area contributed by atoms with Gasteiger partial charge in [-0.2, -0.15) is 0 Å². The smallest absolute Gasteiger partial charge is 0.248 e. The van der Waals surface area contributed by atoms with E-state index in [2.05, 4.69) is 10.3 Å². The minimum absolute atomic E-state index is 0.0138. The predicted octanol–water partition coefficient (Wildman–Crippen LogP) is 4.03. The Balaban J connectivity index is 1.64. The number of methoxy groups -OCH3 is 1. The van der Waals surface area contributed by atoms with Crippen LogP contribution in [0.3, 0.4) is 0 Å². The Morgan fingerprint density at radius 3 is 2.64 bits per heavy atom. The summed E-state index contributed by atoms with van der Waals surface area (Å²) >= 11 is 0. The van der Waals surface area contributed by atoms with Gasteiger partial charge >= 0.3 is 0 Å². The highest BCUT2D eigenvalue weighted by atomic mass is 16.5. The van der Waals surface area contributed by atoms with Gasteiger partial charge in [0, 0.05) is 18.5 Å². The van der Waals surface area contributed by atoms with E-state index in [0.29, 0.717) is 29.4 Å². The zero-order chi connectivity index (χ0) is 19.8. The van der Waals surface area contributed by atoms with E-state index < -0.39 is 0 Å². The van der Waals surface area contributed by atoms with Crippen molar-refractivity contribution in [2.45, 2.75) is 6.61 Å². The van der Waals surface area contributed by atoms with Crippen LogP contribution in [0.2, 0.25) is 0 Å². The van der Waals surface area contributed by atoms with Crippen LogP contribution in [-0.2, 0) is 11.4 Å². The molecule has 3 aromatic rings. The minimum Gasteiger partial charge on any atom is -0.504 e. The summed E-state index contributed by atoms with van der Waals surface area (Å²) in [5, 5.41) is 12.6. The Morgan fingerprint density at radius 1 is 1.11 bits per heavy atom. The lowest BCUT2D eigenvalue weighted by atomic mass is 10.2. The Hall–Kier alpha value is -3.80. The number of benzene rings is 2. The number of anilines is 1. The van der Waals surface area contributed by atoms with Crippen molar-refractivity contribution < 1.29 is 19.4 Å². The fourth-order valence-electron chi connectivity index (χ4n) is 2.49. The number of hydrogen-bond acceptors (Lipinski definition) is 5. The third-order valence-corrected chi connectivity index (χ3v) is 3.92. The van der Waals surface area contributed by atoms with Gasteiger partial charge < -0.3 is 19.9 Å². The summed E-state index contributed by atoms with van der Waals surface area (Å²) in [5.41, 5.74) is 2.23. The number of aromatic hydroxyl groups is 1. The van der Waals surface area contributed by atoms with Crippen molar-refractivity contribution in [3.63, 3.8) is 0 Å². The molecular weight excluding hydrogens is 356 g/mol.